The highest BCUT2D eigenvalue weighted by Gasteiger charge is 2.02. The second-order valence-electron chi connectivity index (χ2n) is 5.21. The van der Waals surface area contributed by atoms with E-state index in [1.807, 2.05) is 19.1 Å². The third kappa shape index (κ3) is 5.99. The average Bonchev–Trinajstić information content (AvgIpc) is 2.57. The van der Waals surface area contributed by atoms with E-state index in [0.717, 1.165) is 22.4 Å². The summed E-state index contributed by atoms with van der Waals surface area (Å²) in [6.45, 7) is 3.23. The van der Waals surface area contributed by atoms with Crippen molar-refractivity contribution in [1.29, 1.82) is 0 Å². The molecule has 0 aliphatic carbocycles. The molecule has 0 saturated heterocycles. The van der Waals surface area contributed by atoms with Gasteiger partial charge in [0.25, 0.3) is 0 Å². The van der Waals surface area contributed by atoms with Crippen LogP contribution in [0.15, 0.2) is 47.5 Å². The van der Waals surface area contributed by atoms with Crippen molar-refractivity contribution in [3.05, 3.63) is 65.0 Å². The maximum absolute atomic E-state index is 12.9. The van der Waals surface area contributed by atoms with Crippen LogP contribution in [0.1, 0.15) is 16.7 Å². The second-order valence-corrected chi connectivity index (χ2v) is 5.21. The van der Waals surface area contributed by atoms with Crippen LogP contribution in [0.2, 0.25) is 0 Å². The van der Waals surface area contributed by atoms with E-state index in [1.165, 1.54) is 12.1 Å². The van der Waals surface area contributed by atoms with E-state index < -0.39 is 0 Å². The van der Waals surface area contributed by atoms with Crippen molar-refractivity contribution in [2.24, 2.45) is 4.99 Å². The molecule has 0 saturated carbocycles. The van der Waals surface area contributed by atoms with Crippen LogP contribution in [0.4, 0.5) is 4.39 Å². The molecule has 2 aromatic carbocycles. The van der Waals surface area contributed by atoms with Gasteiger partial charge < -0.3 is 15.4 Å². The van der Waals surface area contributed by atoms with Crippen LogP contribution >= 0.6 is 24.0 Å². The summed E-state index contributed by atoms with van der Waals surface area (Å²) in [5.41, 5.74) is 3.21. The molecule has 6 heteroatoms. The minimum Gasteiger partial charge on any atom is -0.496 e. The van der Waals surface area contributed by atoms with Crippen molar-refractivity contribution in [1.82, 2.24) is 10.6 Å². The zero-order valence-corrected chi connectivity index (χ0v) is 16.4. The summed E-state index contributed by atoms with van der Waals surface area (Å²) in [5.74, 6) is 1.33. The molecule has 0 unspecified atom stereocenters. The fourth-order valence-electron chi connectivity index (χ4n) is 2.17. The van der Waals surface area contributed by atoms with Crippen molar-refractivity contribution in [2.75, 3.05) is 14.2 Å². The Balaban J connectivity index is 0.00000288. The van der Waals surface area contributed by atoms with Gasteiger partial charge >= 0.3 is 0 Å². The summed E-state index contributed by atoms with van der Waals surface area (Å²) in [6.07, 6.45) is 0. The Bertz CT molecular complexity index is 674. The maximum Gasteiger partial charge on any atom is 0.191 e. The van der Waals surface area contributed by atoms with Crippen molar-refractivity contribution in [3.8, 4) is 5.75 Å². The number of guanidine groups is 1. The van der Waals surface area contributed by atoms with E-state index in [2.05, 4.69) is 21.7 Å². The van der Waals surface area contributed by atoms with Crippen LogP contribution in [-0.4, -0.2) is 20.1 Å². The smallest absolute Gasteiger partial charge is 0.191 e. The Morgan fingerprint density at radius 1 is 1.04 bits per heavy atom. The molecule has 130 valence electrons. The third-order valence-electron chi connectivity index (χ3n) is 3.53. The van der Waals surface area contributed by atoms with Gasteiger partial charge in [-0.05, 0) is 41.8 Å². The van der Waals surface area contributed by atoms with Gasteiger partial charge in [-0.2, -0.15) is 0 Å². The summed E-state index contributed by atoms with van der Waals surface area (Å²) < 4.78 is 18.2. The predicted molar refractivity (Wildman–Crippen MR) is 107 cm³/mol. The number of nitrogens with zero attached hydrogens (tertiary/aromatic N) is 1. The van der Waals surface area contributed by atoms with Crippen LogP contribution in [0.25, 0.3) is 0 Å². The van der Waals surface area contributed by atoms with Gasteiger partial charge in [-0.15, -0.1) is 24.0 Å². The third-order valence-corrected chi connectivity index (χ3v) is 3.53. The van der Waals surface area contributed by atoms with Crippen LogP contribution in [-0.2, 0) is 13.1 Å². The molecule has 0 spiro atoms. The number of halogens is 2. The van der Waals surface area contributed by atoms with Gasteiger partial charge in [0.1, 0.15) is 11.6 Å². The fraction of sp³-hybridized carbons (Fsp3) is 0.278. The summed E-state index contributed by atoms with van der Waals surface area (Å²) in [5, 5.41) is 6.45. The Hall–Kier alpha value is -1.83. The van der Waals surface area contributed by atoms with Crippen molar-refractivity contribution < 1.29 is 9.13 Å². The molecule has 24 heavy (non-hydrogen) atoms. The van der Waals surface area contributed by atoms with E-state index in [-0.39, 0.29) is 29.8 Å². The summed E-state index contributed by atoms with van der Waals surface area (Å²) in [6, 6.07) is 12.5. The zero-order valence-electron chi connectivity index (χ0n) is 14.1. The lowest BCUT2D eigenvalue weighted by atomic mass is 10.1. The van der Waals surface area contributed by atoms with Gasteiger partial charge in [0.15, 0.2) is 5.96 Å². The number of rotatable bonds is 5. The molecule has 2 aromatic rings. The molecular weight excluding hydrogens is 420 g/mol. The first kappa shape index (κ1) is 20.2. The Labute approximate surface area is 159 Å². The van der Waals surface area contributed by atoms with Crippen LogP contribution in [0.5, 0.6) is 5.75 Å². The first-order chi connectivity index (χ1) is 11.1. The molecule has 0 fully saturated rings. The van der Waals surface area contributed by atoms with Crippen LogP contribution in [0.3, 0.4) is 0 Å². The number of ether oxygens (including phenoxy) is 1. The standard InChI is InChI=1S/C18H22FN3O.HI/c1-13-4-5-15(10-17(13)23-3)12-22-18(20-2)21-11-14-6-8-16(19)9-7-14;/h4-10H,11-12H2,1-3H3,(H2,20,21,22);1H. The number of hydrogen-bond donors (Lipinski definition) is 2. The average molecular weight is 443 g/mol. The number of benzene rings is 2. The normalized spacial score (nSPS) is 10.8. The molecule has 0 atom stereocenters. The molecule has 0 amide bonds. The Kier molecular flexibility index (Phi) is 8.53. The first-order valence-corrected chi connectivity index (χ1v) is 7.45. The van der Waals surface area contributed by atoms with Crippen LogP contribution in [0, 0.1) is 12.7 Å². The van der Waals surface area contributed by atoms with Crippen molar-refractivity contribution in [3.63, 3.8) is 0 Å². The van der Waals surface area contributed by atoms with E-state index in [4.69, 9.17) is 4.74 Å². The predicted octanol–water partition coefficient (Wildman–Crippen LogP) is 3.63. The highest BCUT2D eigenvalue weighted by molar-refractivity contribution is 14.0. The van der Waals surface area contributed by atoms with E-state index in [1.54, 1.807) is 26.3 Å². The molecule has 0 heterocycles. The highest BCUT2D eigenvalue weighted by atomic mass is 127. The summed E-state index contributed by atoms with van der Waals surface area (Å²) in [7, 11) is 3.39. The molecule has 2 rings (SSSR count). The van der Waals surface area contributed by atoms with Gasteiger partial charge in [0.2, 0.25) is 0 Å². The lowest BCUT2D eigenvalue weighted by molar-refractivity contribution is 0.411. The fourth-order valence-corrected chi connectivity index (χ4v) is 2.17. The molecule has 0 aromatic heterocycles. The Morgan fingerprint density at radius 3 is 2.21 bits per heavy atom. The molecule has 0 aliphatic rings. The first-order valence-electron chi connectivity index (χ1n) is 7.45. The number of methoxy groups -OCH3 is 1. The summed E-state index contributed by atoms with van der Waals surface area (Å²) >= 11 is 0. The topological polar surface area (TPSA) is 45.7 Å². The molecule has 0 radical (unpaired) electrons. The molecule has 4 nitrogen and oxygen atoms in total. The number of hydrogen-bond acceptors (Lipinski definition) is 2. The highest BCUT2D eigenvalue weighted by Crippen LogP contribution is 2.18. The zero-order chi connectivity index (χ0) is 16.7. The van der Waals surface area contributed by atoms with Gasteiger partial charge in [-0.25, -0.2) is 4.39 Å². The lowest BCUT2D eigenvalue weighted by Gasteiger charge is -2.13. The number of nitrogens with one attached hydrogen (secondary N) is 2. The molecule has 0 aliphatic heterocycles. The molecule has 0 bridgehead atoms. The van der Waals surface area contributed by atoms with E-state index in [9.17, 15) is 4.39 Å². The summed E-state index contributed by atoms with van der Waals surface area (Å²) in [4.78, 5) is 4.18. The quantitative estimate of drug-likeness (QED) is 0.422. The SMILES string of the molecule is CN=C(NCc1ccc(F)cc1)NCc1ccc(C)c(OC)c1.I. The second kappa shape index (κ2) is 10.1. The van der Waals surface area contributed by atoms with Gasteiger partial charge in [0, 0.05) is 20.1 Å². The Morgan fingerprint density at radius 2 is 1.62 bits per heavy atom. The number of aliphatic imine (C=N–C) groups is 1. The van der Waals surface area contributed by atoms with Crippen molar-refractivity contribution >= 4 is 29.9 Å². The minimum absolute atomic E-state index is 0. The monoisotopic (exact) mass is 443 g/mol. The molecule has 2 N–H and O–H groups in total. The van der Waals surface area contributed by atoms with E-state index >= 15 is 0 Å². The maximum atomic E-state index is 12.9. The van der Waals surface area contributed by atoms with E-state index in [0.29, 0.717) is 19.0 Å². The number of aryl methyl sites for hydroxylation is 1. The van der Waals surface area contributed by atoms with Gasteiger partial charge in [-0.3, -0.25) is 4.99 Å². The van der Waals surface area contributed by atoms with Gasteiger partial charge in [-0.1, -0.05) is 24.3 Å². The minimum atomic E-state index is -0.232. The van der Waals surface area contributed by atoms with Crippen LogP contribution < -0.4 is 15.4 Å². The van der Waals surface area contributed by atoms with Gasteiger partial charge in [0.05, 0.1) is 7.11 Å². The van der Waals surface area contributed by atoms with Crippen molar-refractivity contribution in [2.45, 2.75) is 20.0 Å². The lowest BCUT2D eigenvalue weighted by Crippen LogP contribution is -2.36. The molecular formula is C18H23FIN3O. The largest absolute Gasteiger partial charge is 0.496 e.